The fourth-order valence-corrected chi connectivity index (χ4v) is 2.50. The topological polar surface area (TPSA) is 84.2 Å². The number of carbonyl (C=O) groups excluding carboxylic acids is 2. The molecule has 2 amide bonds. The number of aryl methyl sites for hydroxylation is 2. The summed E-state index contributed by atoms with van der Waals surface area (Å²) in [5, 5.41) is 8.90. The Hall–Kier alpha value is -2.77. The summed E-state index contributed by atoms with van der Waals surface area (Å²) in [4.78, 5) is 24.7. The van der Waals surface area contributed by atoms with Gasteiger partial charge in [-0.25, -0.2) is 8.78 Å². The van der Waals surface area contributed by atoms with Crippen molar-refractivity contribution in [1.82, 2.24) is 15.8 Å². The second kappa shape index (κ2) is 8.07. The lowest BCUT2D eigenvalue weighted by Gasteiger charge is -2.22. The maximum Gasteiger partial charge on any atom is 0.257 e. The summed E-state index contributed by atoms with van der Waals surface area (Å²) in [6.45, 7) is 7.09. The van der Waals surface area contributed by atoms with Gasteiger partial charge in [0.2, 0.25) is 5.91 Å². The molecule has 2 rings (SSSR count). The number of aromatic nitrogens is 1. The number of benzene rings is 1. The van der Waals surface area contributed by atoms with Gasteiger partial charge in [0.1, 0.15) is 29.0 Å². The van der Waals surface area contributed by atoms with Crippen LogP contribution < -0.4 is 10.6 Å². The van der Waals surface area contributed by atoms with Gasteiger partial charge in [-0.05, 0) is 31.9 Å². The van der Waals surface area contributed by atoms with Crippen molar-refractivity contribution in [3.8, 4) is 0 Å². The maximum atomic E-state index is 13.8. The van der Waals surface area contributed by atoms with Crippen LogP contribution in [0.3, 0.4) is 0 Å². The highest BCUT2D eigenvalue weighted by Crippen LogP contribution is 2.14. The lowest BCUT2D eigenvalue weighted by Crippen LogP contribution is -2.49. The Morgan fingerprint density at radius 2 is 1.81 bits per heavy atom. The Balaban J connectivity index is 2.10. The molecule has 0 aliphatic carbocycles. The van der Waals surface area contributed by atoms with Gasteiger partial charge < -0.3 is 15.2 Å². The van der Waals surface area contributed by atoms with Crippen LogP contribution in [0.4, 0.5) is 8.78 Å². The van der Waals surface area contributed by atoms with Crippen molar-refractivity contribution in [2.75, 3.05) is 0 Å². The van der Waals surface area contributed by atoms with Crippen molar-refractivity contribution < 1.29 is 22.9 Å². The van der Waals surface area contributed by atoms with Crippen LogP contribution in [0.1, 0.15) is 41.2 Å². The molecule has 0 saturated carbocycles. The van der Waals surface area contributed by atoms with Gasteiger partial charge in [-0.15, -0.1) is 0 Å². The van der Waals surface area contributed by atoms with E-state index in [4.69, 9.17) is 4.52 Å². The molecule has 2 N–H and O–H groups in total. The van der Waals surface area contributed by atoms with E-state index < -0.39 is 35.1 Å². The first-order valence-corrected chi connectivity index (χ1v) is 8.16. The third-order valence-corrected chi connectivity index (χ3v) is 4.05. The summed E-state index contributed by atoms with van der Waals surface area (Å²) in [7, 11) is 0. The van der Waals surface area contributed by atoms with Crippen molar-refractivity contribution in [3.05, 3.63) is 52.4 Å². The highest BCUT2D eigenvalue weighted by molar-refractivity contribution is 5.98. The summed E-state index contributed by atoms with van der Waals surface area (Å²) in [5.41, 5.74) is 0.686. The van der Waals surface area contributed by atoms with Gasteiger partial charge >= 0.3 is 0 Å². The Labute approximate surface area is 149 Å². The fourth-order valence-electron chi connectivity index (χ4n) is 2.50. The van der Waals surface area contributed by atoms with E-state index in [9.17, 15) is 18.4 Å². The Kier molecular flexibility index (Phi) is 6.07. The second-order valence-electron chi connectivity index (χ2n) is 6.31. The molecule has 26 heavy (non-hydrogen) atoms. The molecule has 0 aliphatic heterocycles. The molecule has 8 heteroatoms. The van der Waals surface area contributed by atoms with Crippen LogP contribution in [-0.2, 0) is 11.3 Å². The predicted molar refractivity (Wildman–Crippen MR) is 90.3 cm³/mol. The van der Waals surface area contributed by atoms with Crippen molar-refractivity contribution in [2.45, 2.75) is 40.3 Å². The number of amides is 2. The number of rotatable bonds is 6. The quantitative estimate of drug-likeness (QED) is 0.824. The molecule has 1 heterocycles. The zero-order chi connectivity index (χ0) is 19.4. The first kappa shape index (κ1) is 19.6. The smallest absolute Gasteiger partial charge is 0.257 e. The lowest BCUT2D eigenvalue weighted by molar-refractivity contribution is -0.124. The Morgan fingerprint density at radius 3 is 2.31 bits per heavy atom. The number of nitrogens with zero attached hydrogens (tertiary/aromatic N) is 1. The van der Waals surface area contributed by atoms with Gasteiger partial charge in [-0.1, -0.05) is 25.1 Å². The van der Waals surface area contributed by atoms with Gasteiger partial charge in [0.25, 0.3) is 5.91 Å². The van der Waals surface area contributed by atoms with Crippen LogP contribution in [0.2, 0.25) is 0 Å². The molecule has 0 saturated heterocycles. The van der Waals surface area contributed by atoms with E-state index in [1.165, 1.54) is 0 Å². The molecule has 6 nitrogen and oxygen atoms in total. The van der Waals surface area contributed by atoms with E-state index in [1.54, 1.807) is 27.7 Å². The SMILES string of the molecule is Cc1noc(C)c1CNC(=O)C(NC(=O)c1c(F)cccc1F)C(C)C. The van der Waals surface area contributed by atoms with E-state index in [0.717, 1.165) is 23.8 Å². The van der Waals surface area contributed by atoms with Crippen LogP contribution in [-0.4, -0.2) is 23.0 Å². The molecule has 0 aliphatic rings. The summed E-state index contributed by atoms with van der Waals surface area (Å²) < 4.78 is 32.5. The Morgan fingerprint density at radius 1 is 1.19 bits per heavy atom. The number of halogens is 2. The highest BCUT2D eigenvalue weighted by Gasteiger charge is 2.27. The molecule has 1 aromatic heterocycles. The molecule has 1 aromatic carbocycles. The number of hydrogen-bond donors (Lipinski definition) is 2. The number of nitrogens with one attached hydrogen (secondary N) is 2. The molecule has 140 valence electrons. The average molecular weight is 365 g/mol. The van der Waals surface area contributed by atoms with Crippen LogP contribution in [0.15, 0.2) is 22.7 Å². The fraction of sp³-hybridized carbons (Fsp3) is 0.389. The highest BCUT2D eigenvalue weighted by atomic mass is 19.1. The minimum absolute atomic E-state index is 0.174. The number of hydrogen-bond acceptors (Lipinski definition) is 4. The normalized spacial score (nSPS) is 12.1. The lowest BCUT2D eigenvalue weighted by atomic mass is 10.0. The van der Waals surface area contributed by atoms with Crippen LogP contribution >= 0.6 is 0 Å². The minimum atomic E-state index is -0.985. The van der Waals surface area contributed by atoms with Crippen molar-refractivity contribution >= 4 is 11.8 Å². The first-order valence-electron chi connectivity index (χ1n) is 8.16. The average Bonchev–Trinajstić information content (AvgIpc) is 2.88. The predicted octanol–water partition coefficient (Wildman–Crippen LogP) is 2.64. The maximum absolute atomic E-state index is 13.8. The molecule has 0 bridgehead atoms. The van der Waals surface area contributed by atoms with Crippen molar-refractivity contribution in [2.24, 2.45) is 5.92 Å². The summed E-state index contributed by atoms with van der Waals surface area (Å²) in [5.74, 6) is -3.13. The van der Waals surface area contributed by atoms with Crippen molar-refractivity contribution in [1.29, 1.82) is 0 Å². The van der Waals surface area contributed by atoms with Gasteiger partial charge in [-0.3, -0.25) is 9.59 Å². The summed E-state index contributed by atoms with van der Waals surface area (Å²) in [6.07, 6.45) is 0. The molecule has 0 spiro atoms. The third-order valence-electron chi connectivity index (χ3n) is 4.05. The summed E-state index contributed by atoms with van der Waals surface area (Å²) in [6, 6.07) is 2.18. The van der Waals surface area contributed by atoms with E-state index in [0.29, 0.717) is 11.5 Å². The standard InChI is InChI=1S/C18H21F2N3O3/c1-9(2)16(18(25)21-8-12-10(3)23-26-11(12)4)22-17(24)15-13(19)6-5-7-14(15)20/h5-7,9,16H,8H2,1-4H3,(H,21,25)(H,22,24). The molecule has 1 unspecified atom stereocenters. The first-order chi connectivity index (χ1) is 12.2. The van der Waals surface area contributed by atoms with Crippen LogP contribution in [0.25, 0.3) is 0 Å². The van der Waals surface area contributed by atoms with Crippen LogP contribution in [0, 0.1) is 31.4 Å². The van der Waals surface area contributed by atoms with Crippen molar-refractivity contribution in [3.63, 3.8) is 0 Å². The van der Waals surface area contributed by atoms with Crippen LogP contribution in [0.5, 0.6) is 0 Å². The second-order valence-corrected chi connectivity index (χ2v) is 6.31. The number of carbonyl (C=O) groups is 2. The third kappa shape index (κ3) is 4.25. The molecule has 0 fully saturated rings. The van der Waals surface area contributed by atoms with E-state index in [-0.39, 0.29) is 12.5 Å². The molecular formula is C18H21F2N3O3. The van der Waals surface area contributed by atoms with Gasteiger partial charge in [0, 0.05) is 12.1 Å². The molecule has 0 radical (unpaired) electrons. The zero-order valence-corrected chi connectivity index (χ0v) is 15.0. The van der Waals surface area contributed by atoms with E-state index in [2.05, 4.69) is 15.8 Å². The van der Waals surface area contributed by atoms with Gasteiger partial charge in [0.05, 0.1) is 5.69 Å². The summed E-state index contributed by atoms with van der Waals surface area (Å²) >= 11 is 0. The van der Waals surface area contributed by atoms with E-state index in [1.807, 2.05) is 0 Å². The minimum Gasteiger partial charge on any atom is -0.361 e. The zero-order valence-electron chi connectivity index (χ0n) is 15.0. The monoisotopic (exact) mass is 365 g/mol. The molecular weight excluding hydrogens is 344 g/mol. The largest absolute Gasteiger partial charge is 0.361 e. The molecule has 1 atom stereocenters. The molecule has 2 aromatic rings. The van der Waals surface area contributed by atoms with Gasteiger partial charge in [-0.2, -0.15) is 0 Å². The van der Waals surface area contributed by atoms with E-state index >= 15 is 0 Å². The Bertz CT molecular complexity index is 778. The van der Waals surface area contributed by atoms with Gasteiger partial charge in [0.15, 0.2) is 0 Å².